The Morgan fingerprint density at radius 3 is 1.57 bits per heavy atom. The summed E-state index contributed by atoms with van der Waals surface area (Å²) in [4.78, 5) is 12.1. The molecule has 0 radical (unpaired) electrons. The van der Waals surface area contributed by atoms with Gasteiger partial charge in [-0.05, 0) is 29.2 Å². The van der Waals surface area contributed by atoms with Crippen molar-refractivity contribution in [2.24, 2.45) is 0 Å². The molecule has 0 fully saturated rings. The fourth-order valence-corrected chi connectivity index (χ4v) is 4.18. The number of hydrogen-bond acceptors (Lipinski definition) is 2. The molecule has 30 heavy (non-hydrogen) atoms. The van der Waals surface area contributed by atoms with Crippen LogP contribution in [0.5, 0.6) is 5.75 Å². The van der Waals surface area contributed by atoms with E-state index in [9.17, 15) is 15.0 Å². The monoisotopic (exact) mass is 406 g/mol. The number of hydrogen-bond donors (Lipinski definition) is 2. The average Bonchev–Trinajstić information content (AvgIpc) is 2.68. The van der Waals surface area contributed by atoms with E-state index in [1.807, 2.05) is 68.4 Å². The first-order valence-corrected chi connectivity index (χ1v) is 9.80. The van der Waals surface area contributed by atoms with E-state index >= 15 is 0 Å². The molecule has 158 valence electrons. The summed E-state index contributed by atoms with van der Waals surface area (Å²) in [5, 5.41) is 20.9. The zero-order chi connectivity index (χ0) is 21.4. The van der Waals surface area contributed by atoms with Gasteiger partial charge in [0.25, 0.3) is 0 Å². The molecule has 3 aromatic rings. The molecule has 3 aromatic carbocycles. The van der Waals surface area contributed by atoms with Gasteiger partial charge in [-0.2, -0.15) is 0 Å². The summed E-state index contributed by atoms with van der Waals surface area (Å²) in [5.74, 6) is -1.27. The lowest BCUT2D eigenvalue weighted by Crippen LogP contribution is -2.26. The molecule has 0 heterocycles. The van der Waals surface area contributed by atoms with Crippen LogP contribution in [0.1, 0.15) is 65.9 Å². The number of aromatic hydroxyl groups is 1. The number of rotatable bonds is 5. The van der Waals surface area contributed by atoms with Crippen molar-refractivity contribution >= 4 is 5.97 Å². The largest absolute Gasteiger partial charge is 0.507 e. The fourth-order valence-electron chi connectivity index (χ4n) is 4.18. The lowest BCUT2D eigenvalue weighted by Gasteiger charge is -2.33. The lowest BCUT2D eigenvalue weighted by molar-refractivity contribution is 0.0692. The Hall–Kier alpha value is -3.11. The van der Waals surface area contributed by atoms with E-state index in [1.165, 1.54) is 0 Å². The lowest BCUT2D eigenvalue weighted by atomic mass is 9.70. The molecular formula is C26H30O4. The van der Waals surface area contributed by atoms with Gasteiger partial charge in [-0.25, -0.2) is 4.79 Å². The zero-order valence-corrected chi connectivity index (χ0v) is 18.2. The van der Waals surface area contributed by atoms with E-state index in [0.717, 1.165) is 16.7 Å². The number of phenols is 1. The van der Waals surface area contributed by atoms with E-state index in [2.05, 4.69) is 26.0 Å². The van der Waals surface area contributed by atoms with Crippen LogP contribution in [0.2, 0.25) is 0 Å². The minimum absolute atomic E-state index is 0. The highest BCUT2D eigenvalue weighted by Crippen LogP contribution is 2.44. The first-order valence-electron chi connectivity index (χ1n) is 9.80. The molecule has 0 atom stereocenters. The van der Waals surface area contributed by atoms with Gasteiger partial charge in [-0.1, -0.05) is 94.4 Å². The van der Waals surface area contributed by atoms with Crippen LogP contribution < -0.4 is 0 Å². The maximum Gasteiger partial charge on any atom is 0.339 e. The highest BCUT2D eigenvalue weighted by atomic mass is 16.4. The summed E-state index contributed by atoms with van der Waals surface area (Å²) in [5.41, 5.74) is 3.20. The molecule has 0 aliphatic heterocycles. The summed E-state index contributed by atoms with van der Waals surface area (Å²) in [7, 11) is 0. The van der Waals surface area contributed by atoms with Gasteiger partial charge in [0, 0.05) is 16.4 Å². The maximum absolute atomic E-state index is 12.1. The summed E-state index contributed by atoms with van der Waals surface area (Å²) >= 11 is 0. The van der Waals surface area contributed by atoms with Crippen LogP contribution in [0.3, 0.4) is 0 Å². The molecule has 0 saturated carbocycles. The first-order chi connectivity index (χ1) is 13.6. The summed E-state index contributed by atoms with van der Waals surface area (Å²) in [6.45, 7) is 9.98. The molecule has 0 aliphatic rings. The Kier molecular flexibility index (Phi) is 6.43. The van der Waals surface area contributed by atoms with Crippen molar-refractivity contribution in [3.63, 3.8) is 0 Å². The predicted octanol–water partition coefficient (Wildman–Crippen LogP) is 5.23. The molecule has 0 spiro atoms. The molecule has 0 bridgehead atoms. The maximum atomic E-state index is 12.1. The van der Waals surface area contributed by atoms with E-state index in [1.54, 1.807) is 6.92 Å². The van der Waals surface area contributed by atoms with Crippen LogP contribution in [-0.2, 0) is 10.8 Å². The van der Waals surface area contributed by atoms with Crippen LogP contribution >= 0.6 is 0 Å². The molecule has 0 saturated heterocycles. The highest BCUT2D eigenvalue weighted by molar-refractivity contribution is 5.94. The molecule has 0 amide bonds. The zero-order valence-electron chi connectivity index (χ0n) is 18.2. The Bertz CT molecular complexity index is 960. The Morgan fingerprint density at radius 2 is 1.17 bits per heavy atom. The summed E-state index contributed by atoms with van der Waals surface area (Å²) in [6.07, 6.45) is 0. The molecule has 3 rings (SSSR count). The van der Waals surface area contributed by atoms with E-state index in [0.29, 0.717) is 11.1 Å². The standard InChI is InChI=1S/C26H28O3.H2O/c1-17-20(25(2,3)18-12-8-6-9-13-18)16-21(23(27)22(17)24(28)29)26(4,5)19-14-10-7-11-15-19;/h6-16,27H,1-5H3,(H,28,29);1H2. The number of aromatic carboxylic acids is 1. The first kappa shape index (κ1) is 23.2. The van der Waals surface area contributed by atoms with Gasteiger partial charge in [0.1, 0.15) is 11.3 Å². The summed E-state index contributed by atoms with van der Waals surface area (Å²) < 4.78 is 0. The third kappa shape index (κ3) is 3.83. The van der Waals surface area contributed by atoms with Crippen molar-refractivity contribution in [2.75, 3.05) is 0 Å². The van der Waals surface area contributed by atoms with Crippen molar-refractivity contribution in [2.45, 2.75) is 45.4 Å². The number of carboxylic acids is 1. The van der Waals surface area contributed by atoms with Gasteiger partial charge in [-0.15, -0.1) is 0 Å². The highest BCUT2D eigenvalue weighted by Gasteiger charge is 2.35. The normalized spacial score (nSPS) is 11.6. The SMILES string of the molecule is Cc1c(C(C)(C)c2ccccc2)cc(C(C)(C)c2ccccc2)c(O)c1C(=O)O.O. The van der Waals surface area contributed by atoms with E-state index < -0.39 is 16.8 Å². The second-order valence-corrected chi connectivity index (χ2v) is 8.61. The van der Waals surface area contributed by atoms with Gasteiger partial charge < -0.3 is 15.7 Å². The minimum atomic E-state index is -1.11. The van der Waals surface area contributed by atoms with Crippen molar-refractivity contribution in [3.05, 3.63) is 100 Å². The van der Waals surface area contributed by atoms with E-state index in [-0.39, 0.29) is 16.8 Å². The van der Waals surface area contributed by atoms with E-state index in [4.69, 9.17) is 0 Å². The molecule has 0 aromatic heterocycles. The predicted molar refractivity (Wildman–Crippen MR) is 121 cm³/mol. The van der Waals surface area contributed by atoms with Gasteiger partial charge in [0.05, 0.1) is 0 Å². The average molecular weight is 407 g/mol. The van der Waals surface area contributed by atoms with Crippen LogP contribution in [0, 0.1) is 6.92 Å². The second-order valence-electron chi connectivity index (χ2n) is 8.61. The molecule has 4 N–H and O–H groups in total. The molecule has 0 aliphatic carbocycles. The van der Waals surface area contributed by atoms with Crippen LogP contribution in [-0.4, -0.2) is 21.7 Å². The van der Waals surface area contributed by atoms with Gasteiger partial charge in [0.2, 0.25) is 0 Å². The molecular weight excluding hydrogens is 376 g/mol. The number of carboxylic acid groups (broad SMARTS) is 1. The third-order valence-electron chi connectivity index (χ3n) is 6.11. The van der Waals surface area contributed by atoms with Crippen LogP contribution in [0.25, 0.3) is 0 Å². The Balaban J connectivity index is 0.00000320. The van der Waals surface area contributed by atoms with Gasteiger partial charge >= 0.3 is 5.97 Å². The van der Waals surface area contributed by atoms with Gasteiger partial charge in [0.15, 0.2) is 0 Å². The number of benzene rings is 3. The van der Waals surface area contributed by atoms with Crippen molar-refractivity contribution in [3.8, 4) is 5.75 Å². The van der Waals surface area contributed by atoms with Crippen molar-refractivity contribution in [1.29, 1.82) is 0 Å². The quantitative estimate of drug-likeness (QED) is 0.608. The molecule has 4 nitrogen and oxygen atoms in total. The Labute approximate surface area is 178 Å². The molecule has 4 heteroatoms. The van der Waals surface area contributed by atoms with Crippen molar-refractivity contribution in [1.82, 2.24) is 0 Å². The third-order valence-corrected chi connectivity index (χ3v) is 6.11. The van der Waals surface area contributed by atoms with Crippen molar-refractivity contribution < 1.29 is 20.5 Å². The Morgan fingerprint density at radius 1 is 0.767 bits per heavy atom. The second kappa shape index (κ2) is 8.33. The minimum Gasteiger partial charge on any atom is -0.507 e. The fraction of sp³-hybridized carbons (Fsp3) is 0.269. The molecule has 0 unspecified atom stereocenters. The number of carbonyl (C=O) groups is 1. The van der Waals surface area contributed by atoms with Crippen LogP contribution in [0.4, 0.5) is 0 Å². The van der Waals surface area contributed by atoms with Crippen LogP contribution in [0.15, 0.2) is 66.7 Å². The smallest absolute Gasteiger partial charge is 0.339 e. The van der Waals surface area contributed by atoms with Gasteiger partial charge in [-0.3, -0.25) is 0 Å². The summed E-state index contributed by atoms with van der Waals surface area (Å²) in [6, 6.07) is 21.9. The topological polar surface area (TPSA) is 89.0 Å².